The van der Waals surface area contributed by atoms with Crippen LogP contribution >= 0.6 is 0 Å². The maximum absolute atomic E-state index is 4.19. The molecule has 0 radical (unpaired) electrons. The smallest absolute Gasteiger partial charge is 0.0785 e. The molecule has 1 aliphatic rings. The Bertz CT molecular complexity index is 123. The van der Waals surface area contributed by atoms with Gasteiger partial charge in [-0.3, -0.25) is 4.99 Å². The van der Waals surface area contributed by atoms with Crippen molar-refractivity contribution >= 4 is 5.71 Å². The van der Waals surface area contributed by atoms with Gasteiger partial charge in [0.2, 0.25) is 0 Å². The third-order valence-electron chi connectivity index (χ3n) is 1.77. The Morgan fingerprint density at radius 2 is 2.30 bits per heavy atom. The first kappa shape index (κ1) is 7.73. The summed E-state index contributed by atoms with van der Waals surface area (Å²) in [7, 11) is 0. The van der Waals surface area contributed by atoms with Crippen molar-refractivity contribution in [3.63, 3.8) is 0 Å². The van der Waals surface area contributed by atoms with Gasteiger partial charge in [0.1, 0.15) is 0 Å². The summed E-state index contributed by atoms with van der Waals surface area (Å²) < 4.78 is 0. The lowest BCUT2D eigenvalue weighted by Gasteiger charge is -2.10. The average molecular weight is 140 g/mol. The van der Waals surface area contributed by atoms with E-state index >= 15 is 0 Å². The molecule has 0 fully saturated rings. The molecule has 1 aliphatic heterocycles. The van der Waals surface area contributed by atoms with E-state index in [1.807, 2.05) is 0 Å². The average Bonchev–Trinajstić information content (AvgIpc) is 2.69. The van der Waals surface area contributed by atoms with Crippen molar-refractivity contribution in [2.24, 2.45) is 4.99 Å². The summed E-state index contributed by atoms with van der Waals surface area (Å²) in [6, 6.07) is 0.593. The highest BCUT2D eigenvalue weighted by molar-refractivity contribution is 6.01. The zero-order valence-corrected chi connectivity index (χ0v) is 6.85. The van der Waals surface area contributed by atoms with E-state index in [0.29, 0.717) is 6.04 Å². The lowest BCUT2D eigenvalue weighted by molar-refractivity contribution is 0.596. The molecule has 0 spiro atoms. The molecule has 1 atom stereocenters. The van der Waals surface area contributed by atoms with Crippen LogP contribution in [0.3, 0.4) is 0 Å². The standard InChI is InChI=1S/C8H16N2/c1-3-5-7(9-4-2)8-6-10-8/h7,9H,3-6H2,1-2H3. The molecule has 0 aromatic carbocycles. The van der Waals surface area contributed by atoms with E-state index in [9.17, 15) is 0 Å². The molecule has 0 aromatic heterocycles. The Kier molecular flexibility index (Phi) is 2.87. The van der Waals surface area contributed by atoms with Gasteiger partial charge in [0, 0.05) is 6.04 Å². The van der Waals surface area contributed by atoms with Crippen LogP contribution in [0.1, 0.15) is 26.7 Å². The molecule has 1 heterocycles. The Hall–Kier alpha value is -0.370. The summed E-state index contributed by atoms with van der Waals surface area (Å²) in [5, 5.41) is 3.41. The van der Waals surface area contributed by atoms with Gasteiger partial charge in [-0.15, -0.1) is 0 Å². The maximum Gasteiger partial charge on any atom is 0.0785 e. The molecule has 1 N–H and O–H groups in total. The van der Waals surface area contributed by atoms with Crippen LogP contribution in [-0.4, -0.2) is 24.8 Å². The normalized spacial score (nSPS) is 18.4. The van der Waals surface area contributed by atoms with Gasteiger partial charge in [-0.05, 0) is 13.0 Å². The molecule has 0 bridgehead atoms. The summed E-state index contributed by atoms with van der Waals surface area (Å²) in [5.41, 5.74) is 1.38. The monoisotopic (exact) mass is 140 g/mol. The zero-order chi connectivity index (χ0) is 7.40. The van der Waals surface area contributed by atoms with E-state index < -0.39 is 0 Å². The van der Waals surface area contributed by atoms with Gasteiger partial charge in [-0.1, -0.05) is 20.3 Å². The first-order chi connectivity index (χ1) is 4.88. The third-order valence-corrected chi connectivity index (χ3v) is 1.77. The van der Waals surface area contributed by atoms with Gasteiger partial charge in [-0.2, -0.15) is 0 Å². The maximum atomic E-state index is 4.19. The van der Waals surface area contributed by atoms with E-state index in [2.05, 4.69) is 24.2 Å². The molecule has 58 valence electrons. The minimum Gasteiger partial charge on any atom is -0.309 e. The van der Waals surface area contributed by atoms with Crippen molar-refractivity contribution < 1.29 is 0 Å². The first-order valence-corrected chi connectivity index (χ1v) is 4.15. The van der Waals surface area contributed by atoms with Gasteiger partial charge >= 0.3 is 0 Å². The molecule has 0 saturated carbocycles. The second kappa shape index (κ2) is 3.71. The molecule has 2 heteroatoms. The van der Waals surface area contributed by atoms with E-state index in [-0.39, 0.29) is 0 Å². The molecule has 0 amide bonds. The van der Waals surface area contributed by atoms with Crippen LogP contribution in [0.25, 0.3) is 0 Å². The second-order valence-corrected chi connectivity index (χ2v) is 2.71. The van der Waals surface area contributed by atoms with E-state index in [1.54, 1.807) is 0 Å². The van der Waals surface area contributed by atoms with Crippen LogP contribution in [0.5, 0.6) is 0 Å². The van der Waals surface area contributed by atoms with Crippen LogP contribution in [0.2, 0.25) is 0 Å². The lowest BCUT2D eigenvalue weighted by atomic mass is 10.1. The quantitative estimate of drug-likeness (QED) is 0.610. The van der Waals surface area contributed by atoms with E-state index in [0.717, 1.165) is 13.1 Å². The number of hydrogen-bond donors (Lipinski definition) is 1. The van der Waals surface area contributed by atoms with Crippen molar-refractivity contribution in [3.8, 4) is 0 Å². The van der Waals surface area contributed by atoms with Crippen molar-refractivity contribution in [1.82, 2.24) is 5.32 Å². The second-order valence-electron chi connectivity index (χ2n) is 2.71. The Morgan fingerprint density at radius 1 is 1.60 bits per heavy atom. The molecule has 0 aromatic rings. The highest BCUT2D eigenvalue weighted by Gasteiger charge is 2.20. The predicted molar refractivity (Wildman–Crippen MR) is 44.7 cm³/mol. The predicted octanol–water partition coefficient (Wildman–Crippen LogP) is 1.22. The fourth-order valence-electron chi connectivity index (χ4n) is 1.19. The van der Waals surface area contributed by atoms with Crippen molar-refractivity contribution in [3.05, 3.63) is 0 Å². The Morgan fingerprint density at radius 3 is 2.70 bits per heavy atom. The number of nitrogens with zero attached hydrogens (tertiary/aromatic N) is 1. The number of nitrogens with one attached hydrogen (secondary N) is 1. The van der Waals surface area contributed by atoms with Crippen molar-refractivity contribution in [2.75, 3.05) is 13.1 Å². The topological polar surface area (TPSA) is 24.4 Å². The fourth-order valence-corrected chi connectivity index (χ4v) is 1.19. The van der Waals surface area contributed by atoms with Crippen molar-refractivity contribution in [2.45, 2.75) is 32.7 Å². The molecular formula is C8H16N2. The van der Waals surface area contributed by atoms with Crippen LogP contribution in [0.15, 0.2) is 4.99 Å². The van der Waals surface area contributed by atoms with Crippen molar-refractivity contribution in [1.29, 1.82) is 0 Å². The summed E-state index contributed by atoms with van der Waals surface area (Å²) >= 11 is 0. The summed E-state index contributed by atoms with van der Waals surface area (Å²) in [4.78, 5) is 4.19. The van der Waals surface area contributed by atoms with E-state index in [1.165, 1.54) is 18.6 Å². The van der Waals surface area contributed by atoms with Crippen LogP contribution < -0.4 is 5.32 Å². The highest BCUT2D eigenvalue weighted by atomic mass is 15.0. The Balaban J connectivity index is 2.20. The van der Waals surface area contributed by atoms with Gasteiger partial charge in [0.25, 0.3) is 0 Å². The number of hydrogen-bond acceptors (Lipinski definition) is 2. The largest absolute Gasteiger partial charge is 0.309 e. The molecule has 1 unspecified atom stereocenters. The summed E-state index contributed by atoms with van der Waals surface area (Å²) in [6.07, 6.45) is 2.49. The zero-order valence-electron chi connectivity index (χ0n) is 6.85. The SMILES string of the molecule is CCCC(NCC)C1=NC1. The fraction of sp³-hybridized carbons (Fsp3) is 0.875. The molecule has 1 rings (SSSR count). The molecule has 2 nitrogen and oxygen atoms in total. The van der Waals surface area contributed by atoms with Gasteiger partial charge in [0.05, 0.1) is 12.3 Å². The van der Waals surface area contributed by atoms with E-state index in [4.69, 9.17) is 0 Å². The van der Waals surface area contributed by atoms with Crippen LogP contribution in [-0.2, 0) is 0 Å². The number of rotatable bonds is 5. The molecule has 0 saturated heterocycles. The summed E-state index contributed by atoms with van der Waals surface area (Å²) in [5.74, 6) is 0. The van der Waals surface area contributed by atoms with Crippen LogP contribution in [0.4, 0.5) is 0 Å². The third kappa shape index (κ3) is 2.10. The molecule has 0 aliphatic carbocycles. The Labute approximate surface area is 62.7 Å². The highest BCUT2D eigenvalue weighted by Crippen LogP contribution is 2.08. The van der Waals surface area contributed by atoms with Gasteiger partial charge in [0.15, 0.2) is 0 Å². The van der Waals surface area contributed by atoms with Gasteiger partial charge in [-0.25, -0.2) is 0 Å². The lowest BCUT2D eigenvalue weighted by Crippen LogP contribution is -2.32. The minimum absolute atomic E-state index is 0.593. The first-order valence-electron chi connectivity index (χ1n) is 4.15. The molecule has 10 heavy (non-hydrogen) atoms. The van der Waals surface area contributed by atoms with Gasteiger partial charge < -0.3 is 5.32 Å². The van der Waals surface area contributed by atoms with Crippen LogP contribution in [0, 0.1) is 0 Å². The molecular weight excluding hydrogens is 124 g/mol. The minimum atomic E-state index is 0.593. The summed E-state index contributed by atoms with van der Waals surface area (Å²) in [6.45, 7) is 6.43. The number of aliphatic imine (C=N–C) groups is 1.